The van der Waals surface area contributed by atoms with Gasteiger partial charge in [0.2, 0.25) is 0 Å². The van der Waals surface area contributed by atoms with Crippen molar-refractivity contribution in [3.8, 4) is 11.1 Å². The molecule has 0 N–H and O–H groups in total. The van der Waals surface area contributed by atoms with Gasteiger partial charge < -0.3 is 0 Å². The zero-order valence-corrected chi connectivity index (χ0v) is 16.8. The van der Waals surface area contributed by atoms with Crippen molar-refractivity contribution in [2.75, 3.05) is 0 Å². The molecule has 4 aromatic carbocycles. The minimum absolute atomic E-state index is 0.0333. The zero-order valence-electron chi connectivity index (χ0n) is 15.3. The van der Waals surface area contributed by atoms with E-state index in [1.165, 1.54) is 6.07 Å². The van der Waals surface area contributed by atoms with Gasteiger partial charge in [-0.3, -0.25) is 0 Å². The van der Waals surface area contributed by atoms with Gasteiger partial charge in [-0.25, -0.2) is 4.98 Å². The minimum atomic E-state index is -4.61. The number of para-hydroxylation sites is 1. The molecule has 0 amide bonds. The smallest absolute Gasteiger partial charge is 0.243 e. The molecule has 5 rings (SSSR count). The maximum absolute atomic E-state index is 14.0. The summed E-state index contributed by atoms with van der Waals surface area (Å²) in [5.74, 6) is 0. The van der Waals surface area contributed by atoms with Gasteiger partial charge in [-0.15, -0.1) is 0 Å². The molecule has 1 heterocycles. The number of pyridine rings is 1. The third-order valence-corrected chi connectivity index (χ3v) is 5.73. The first-order valence-corrected chi connectivity index (χ1v) is 9.87. The van der Waals surface area contributed by atoms with E-state index in [1.807, 2.05) is 0 Å². The van der Waals surface area contributed by atoms with Crippen LogP contribution >= 0.6 is 23.2 Å². The maximum atomic E-state index is 14.0. The van der Waals surface area contributed by atoms with Gasteiger partial charge in [0.05, 0.1) is 5.52 Å². The Morgan fingerprint density at radius 3 is 2.20 bits per heavy atom. The van der Waals surface area contributed by atoms with Crippen LogP contribution in [0.2, 0.25) is 10.0 Å². The average molecular weight is 442 g/mol. The number of hydrogen-bond donors (Lipinski definition) is 0. The van der Waals surface area contributed by atoms with E-state index in [2.05, 4.69) is 4.98 Å². The lowest BCUT2D eigenvalue weighted by atomic mass is 9.91. The van der Waals surface area contributed by atoms with E-state index in [-0.39, 0.29) is 10.9 Å². The van der Waals surface area contributed by atoms with Gasteiger partial charge in [0.1, 0.15) is 0 Å². The molecule has 0 fully saturated rings. The van der Waals surface area contributed by atoms with Crippen LogP contribution in [0.25, 0.3) is 43.6 Å². The van der Waals surface area contributed by atoms with Gasteiger partial charge in [0.15, 0.2) is 5.69 Å². The molecular weight excluding hydrogens is 430 g/mol. The summed E-state index contributed by atoms with van der Waals surface area (Å²) in [6, 6.07) is 20.6. The molecule has 0 atom stereocenters. The number of nitrogens with zero attached hydrogens (tertiary/aromatic N) is 1. The van der Waals surface area contributed by atoms with E-state index < -0.39 is 11.9 Å². The fourth-order valence-electron chi connectivity index (χ4n) is 3.98. The topological polar surface area (TPSA) is 12.9 Å². The first-order valence-electron chi connectivity index (χ1n) is 9.11. The van der Waals surface area contributed by atoms with Crippen molar-refractivity contribution in [2.45, 2.75) is 6.18 Å². The summed E-state index contributed by atoms with van der Waals surface area (Å²) in [7, 11) is 0. The van der Waals surface area contributed by atoms with Crippen LogP contribution in [0.15, 0.2) is 72.8 Å². The SMILES string of the molecule is FC(F)(F)c1nc2ccccc2c2c1cc(-c1cccc(Cl)c1)c1c(Cl)cccc12. The number of halogens is 5. The summed E-state index contributed by atoms with van der Waals surface area (Å²) in [6.45, 7) is 0. The molecule has 0 unspecified atom stereocenters. The van der Waals surface area contributed by atoms with Crippen molar-refractivity contribution in [1.82, 2.24) is 4.98 Å². The molecule has 30 heavy (non-hydrogen) atoms. The monoisotopic (exact) mass is 441 g/mol. The van der Waals surface area contributed by atoms with Crippen LogP contribution in [0.4, 0.5) is 13.2 Å². The van der Waals surface area contributed by atoms with E-state index in [4.69, 9.17) is 23.2 Å². The molecular formula is C24H12Cl2F3N. The van der Waals surface area contributed by atoms with Crippen LogP contribution in [-0.2, 0) is 6.18 Å². The standard InChI is InChI=1S/C24H12Cl2F3N/c25-14-6-3-5-13(11-14)17-12-18-21(16-8-4-9-19(26)22(16)17)15-7-1-2-10-20(15)30-23(18)24(27,28)29/h1-12H. The number of aromatic nitrogens is 1. The highest BCUT2D eigenvalue weighted by Crippen LogP contribution is 2.44. The van der Waals surface area contributed by atoms with E-state index in [9.17, 15) is 13.2 Å². The van der Waals surface area contributed by atoms with Gasteiger partial charge in [-0.2, -0.15) is 13.2 Å². The first-order chi connectivity index (χ1) is 14.3. The molecule has 0 spiro atoms. The average Bonchev–Trinajstić information content (AvgIpc) is 2.71. The highest BCUT2D eigenvalue weighted by molar-refractivity contribution is 6.39. The van der Waals surface area contributed by atoms with Crippen molar-refractivity contribution in [1.29, 1.82) is 0 Å². The predicted molar refractivity (Wildman–Crippen MR) is 117 cm³/mol. The number of rotatable bonds is 1. The molecule has 0 saturated carbocycles. The van der Waals surface area contributed by atoms with Crippen molar-refractivity contribution in [2.24, 2.45) is 0 Å². The second-order valence-electron chi connectivity index (χ2n) is 6.99. The highest BCUT2D eigenvalue weighted by Gasteiger charge is 2.36. The predicted octanol–water partition coefficient (Wildman–Crippen LogP) is 8.53. The molecule has 0 bridgehead atoms. The summed E-state index contributed by atoms with van der Waals surface area (Å²) in [6.07, 6.45) is -4.61. The quantitative estimate of drug-likeness (QED) is 0.237. The summed E-state index contributed by atoms with van der Waals surface area (Å²) < 4.78 is 42.0. The third-order valence-electron chi connectivity index (χ3n) is 5.18. The Hall–Kier alpha value is -2.82. The van der Waals surface area contributed by atoms with Crippen LogP contribution in [0.5, 0.6) is 0 Å². The zero-order chi connectivity index (χ0) is 21.0. The van der Waals surface area contributed by atoms with Gasteiger partial charge in [0.25, 0.3) is 0 Å². The lowest BCUT2D eigenvalue weighted by Crippen LogP contribution is -2.09. The molecule has 148 valence electrons. The number of fused-ring (bicyclic) bond motifs is 5. The van der Waals surface area contributed by atoms with Gasteiger partial charge in [0, 0.05) is 31.6 Å². The summed E-state index contributed by atoms with van der Waals surface area (Å²) in [5, 5.41) is 3.42. The van der Waals surface area contributed by atoms with Crippen molar-refractivity contribution >= 4 is 55.6 Å². The van der Waals surface area contributed by atoms with Crippen molar-refractivity contribution < 1.29 is 13.2 Å². The Labute approximate surface area is 179 Å². The third kappa shape index (κ3) is 2.99. The lowest BCUT2D eigenvalue weighted by Gasteiger charge is -2.17. The van der Waals surface area contributed by atoms with Crippen molar-refractivity contribution in [3.05, 3.63) is 88.5 Å². The molecule has 1 aromatic heterocycles. The highest BCUT2D eigenvalue weighted by atomic mass is 35.5. The molecule has 0 saturated heterocycles. The second-order valence-corrected chi connectivity index (χ2v) is 7.84. The summed E-state index contributed by atoms with van der Waals surface area (Å²) in [4.78, 5) is 3.97. The molecule has 0 aliphatic carbocycles. The fraction of sp³-hybridized carbons (Fsp3) is 0.0417. The van der Waals surface area contributed by atoms with Gasteiger partial charge >= 0.3 is 6.18 Å². The lowest BCUT2D eigenvalue weighted by molar-refractivity contribution is -0.139. The molecule has 0 radical (unpaired) electrons. The van der Waals surface area contributed by atoms with Crippen LogP contribution in [0.1, 0.15) is 5.69 Å². The number of benzene rings is 4. The maximum Gasteiger partial charge on any atom is 0.433 e. The summed E-state index contributed by atoms with van der Waals surface area (Å²) >= 11 is 12.7. The van der Waals surface area contributed by atoms with Gasteiger partial charge in [-0.05, 0) is 46.8 Å². The molecule has 6 heteroatoms. The Kier molecular flexibility index (Phi) is 4.38. The van der Waals surface area contributed by atoms with Gasteiger partial charge in [-0.1, -0.05) is 65.7 Å². The Balaban J connectivity index is 2.09. The van der Waals surface area contributed by atoms with Crippen LogP contribution in [0.3, 0.4) is 0 Å². The van der Waals surface area contributed by atoms with E-state index in [1.54, 1.807) is 66.7 Å². The van der Waals surface area contributed by atoms with Crippen LogP contribution in [0, 0.1) is 0 Å². The Bertz CT molecular complexity index is 1460. The van der Waals surface area contributed by atoms with E-state index in [0.717, 1.165) is 0 Å². The van der Waals surface area contributed by atoms with Crippen molar-refractivity contribution in [3.63, 3.8) is 0 Å². The molecule has 0 aliphatic heterocycles. The first kappa shape index (κ1) is 19.2. The van der Waals surface area contributed by atoms with Crippen LogP contribution in [-0.4, -0.2) is 4.98 Å². The largest absolute Gasteiger partial charge is 0.433 e. The normalized spacial score (nSPS) is 12.2. The van der Waals surface area contributed by atoms with E-state index in [0.29, 0.717) is 42.7 Å². The summed E-state index contributed by atoms with van der Waals surface area (Å²) in [5.41, 5.74) is 0.632. The fourth-order valence-corrected chi connectivity index (χ4v) is 4.45. The number of hydrogen-bond acceptors (Lipinski definition) is 1. The molecule has 0 aliphatic rings. The Morgan fingerprint density at radius 1 is 0.700 bits per heavy atom. The molecule has 5 aromatic rings. The second kappa shape index (κ2) is 6.86. The minimum Gasteiger partial charge on any atom is -0.243 e. The Morgan fingerprint density at radius 2 is 1.43 bits per heavy atom. The number of alkyl halides is 3. The van der Waals surface area contributed by atoms with Crippen LogP contribution < -0.4 is 0 Å². The van der Waals surface area contributed by atoms with E-state index >= 15 is 0 Å². The molecule has 1 nitrogen and oxygen atoms in total.